The van der Waals surface area contributed by atoms with Gasteiger partial charge < -0.3 is 15.4 Å². The summed E-state index contributed by atoms with van der Waals surface area (Å²) in [5.41, 5.74) is 1.17. The number of piperidine rings is 1. The molecule has 1 aliphatic rings. The Bertz CT molecular complexity index is 431. The van der Waals surface area contributed by atoms with E-state index in [-0.39, 0.29) is 5.91 Å². The number of methoxy groups -OCH3 is 1. The van der Waals surface area contributed by atoms with Gasteiger partial charge in [0.1, 0.15) is 5.75 Å². The fourth-order valence-electron chi connectivity index (χ4n) is 2.56. The predicted octanol–water partition coefficient (Wildman–Crippen LogP) is 1.74. The van der Waals surface area contributed by atoms with Crippen LogP contribution in [0.3, 0.4) is 0 Å². The zero-order valence-electron chi connectivity index (χ0n) is 12.3. The van der Waals surface area contributed by atoms with Gasteiger partial charge in [0.15, 0.2) is 0 Å². The number of hydrogen-bond acceptors (Lipinski definition) is 3. The van der Waals surface area contributed by atoms with E-state index < -0.39 is 0 Å². The molecule has 4 nitrogen and oxygen atoms in total. The van der Waals surface area contributed by atoms with Crippen LogP contribution in [0.4, 0.5) is 0 Å². The van der Waals surface area contributed by atoms with Crippen LogP contribution in [0.2, 0.25) is 0 Å². The van der Waals surface area contributed by atoms with Crippen LogP contribution in [0.5, 0.6) is 5.75 Å². The van der Waals surface area contributed by atoms with Gasteiger partial charge in [0.05, 0.1) is 7.11 Å². The van der Waals surface area contributed by atoms with E-state index >= 15 is 0 Å². The molecular weight excluding hydrogens is 252 g/mol. The van der Waals surface area contributed by atoms with Crippen molar-refractivity contribution < 1.29 is 9.53 Å². The van der Waals surface area contributed by atoms with E-state index in [1.807, 2.05) is 24.3 Å². The van der Waals surface area contributed by atoms with Crippen molar-refractivity contribution in [2.75, 3.05) is 20.2 Å². The summed E-state index contributed by atoms with van der Waals surface area (Å²) in [6, 6.07) is 8.21. The fourth-order valence-corrected chi connectivity index (χ4v) is 2.56. The summed E-state index contributed by atoms with van der Waals surface area (Å²) < 4.78 is 5.12. The molecule has 0 saturated carbocycles. The van der Waals surface area contributed by atoms with E-state index in [0.717, 1.165) is 31.7 Å². The summed E-state index contributed by atoms with van der Waals surface area (Å²) in [5.74, 6) is 1.51. The van der Waals surface area contributed by atoms with Crippen LogP contribution < -0.4 is 15.4 Å². The Labute approximate surface area is 120 Å². The van der Waals surface area contributed by atoms with E-state index in [1.165, 1.54) is 5.56 Å². The molecule has 2 rings (SSSR count). The van der Waals surface area contributed by atoms with Crippen LogP contribution in [0, 0.1) is 5.92 Å². The number of ether oxygens (including phenoxy) is 1. The van der Waals surface area contributed by atoms with E-state index in [2.05, 4.69) is 17.6 Å². The molecule has 0 spiro atoms. The Morgan fingerprint density at radius 3 is 2.80 bits per heavy atom. The second kappa shape index (κ2) is 7.29. The van der Waals surface area contributed by atoms with Gasteiger partial charge in [-0.2, -0.15) is 0 Å². The van der Waals surface area contributed by atoms with Crippen LogP contribution in [-0.4, -0.2) is 32.1 Å². The largest absolute Gasteiger partial charge is 0.497 e. The number of aryl methyl sites for hydroxylation is 1. The summed E-state index contributed by atoms with van der Waals surface area (Å²) >= 11 is 0. The van der Waals surface area contributed by atoms with Gasteiger partial charge in [-0.3, -0.25) is 4.79 Å². The van der Waals surface area contributed by atoms with Crippen LogP contribution in [-0.2, 0) is 11.2 Å². The standard InChI is InChI=1S/C16H24N2O2/c1-12-11-17-10-9-15(12)18-16(19)8-5-13-3-6-14(20-2)7-4-13/h3-4,6-7,12,15,17H,5,8-11H2,1-2H3,(H,18,19). The molecule has 1 aromatic carbocycles. The first kappa shape index (κ1) is 14.9. The number of nitrogens with one attached hydrogen (secondary N) is 2. The summed E-state index contributed by atoms with van der Waals surface area (Å²) in [7, 11) is 1.66. The Hall–Kier alpha value is -1.55. The maximum atomic E-state index is 12.0. The van der Waals surface area contributed by atoms with E-state index in [1.54, 1.807) is 7.11 Å². The summed E-state index contributed by atoms with van der Waals surface area (Å²) in [5, 5.41) is 6.50. The molecule has 0 bridgehead atoms. The van der Waals surface area contributed by atoms with Crippen molar-refractivity contribution in [1.82, 2.24) is 10.6 Å². The quantitative estimate of drug-likeness (QED) is 0.861. The van der Waals surface area contributed by atoms with Gasteiger partial charge in [-0.15, -0.1) is 0 Å². The molecule has 0 aromatic heterocycles. The number of hydrogen-bond donors (Lipinski definition) is 2. The molecule has 2 N–H and O–H groups in total. The first-order valence-corrected chi connectivity index (χ1v) is 7.32. The number of carbonyl (C=O) groups excluding carboxylic acids is 1. The number of carbonyl (C=O) groups is 1. The molecule has 0 radical (unpaired) electrons. The van der Waals surface area contributed by atoms with Crippen molar-refractivity contribution in [2.45, 2.75) is 32.2 Å². The Kier molecular flexibility index (Phi) is 5.41. The van der Waals surface area contributed by atoms with Crippen LogP contribution in [0.1, 0.15) is 25.3 Å². The minimum absolute atomic E-state index is 0.152. The molecule has 1 fully saturated rings. The van der Waals surface area contributed by atoms with Crippen molar-refractivity contribution >= 4 is 5.91 Å². The third-order valence-electron chi connectivity index (χ3n) is 3.93. The van der Waals surface area contributed by atoms with Gasteiger partial charge in [-0.25, -0.2) is 0 Å². The van der Waals surface area contributed by atoms with Crippen molar-refractivity contribution in [3.05, 3.63) is 29.8 Å². The third-order valence-corrected chi connectivity index (χ3v) is 3.93. The topological polar surface area (TPSA) is 50.4 Å². The van der Waals surface area contributed by atoms with Gasteiger partial charge in [0.25, 0.3) is 0 Å². The number of amides is 1. The lowest BCUT2D eigenvalue weighted by molar-refractivity contribution is -0.122. The highest BCUT2D eigenvalue weighted by molar-refractivity contribution is 5.76. The Morgan fingerprint density at radius 1 is 1.40 bits per heavy atom. The molecule has 0 aliphatic carbocycles. The van der Waals surface area contributed by atoms with Gasteiger partial charge in [-0.05, 0) is 49.5 Å². The number of rotatable bonds is 5. The van der Waals surface area contributed by atoms with Crippen molar-refractivity contribution in [3.8, 4) is 5.75 Å². The van der Waals surface area contributed by atoms with E-state index in [0.29, 0.717) is 18.4 Å². The molecule has 20 heavy (non-hydrogen) atoms. The van der Waals surface area contributed by atoms with Gasteiger partial charge in [-0.1, -0.05) is 19.1 Å². The van der Waals surface area contributed by atoms with Gasteiger partial charge >= 0.3 is 0 Å². The average molecular weight is 276 g/mol. The van der Waals surface area contributed by atoms with Crippen molar-refractivity contribution in [2.24, 2.45) is 5.92 Å². The van der Waals surface area contributed by atoms with Gasteiger partial charge in [0.2, 0.25) is 5.91 Å². The highest BCUT2D eigenvalue weighted by atomic mass is 16.5. The molecule has 1 heterocycles. The SMILES string of the molecule is COc1ccc(CCC(=O)NC2CCNCC2C)cc1. The second-order valence-corrected chi connectivity index (χ2v) is 5.49. The monoisotopic (exact) mass is 276 g/mol. The average Bonchev–Trinajstić information content (AvgIpc) is 2.48. The van der Waals surface area contributed by atoms with E-state index in [4.69, 9.17) is 4.74 Å². The first-order valence-electron chi connectivity index (χ1n) is 7.32. The molecule has 4 heteroatoms. The molecular formula is C16H24N2O2. The molecule has 2 atom stereocenters. The molecule has 1 aromatic rings. The zero-order chi connectivity index (χ0) is 14.4. The first-order chi connectivity index (χ1) is 9.69. The molecule has 1 saturated heterocycles. The number of benzene rings is 1. The Morgan fingerprint density at radius 2 is 2.15 bits per heavy atom. The zero-order valence-corrected chi connectivity index (χ0v) is 12.3. The highest BCUT2D eigenvalue weighted by Crippen LogP contribution is 2.13. The summed E-state index contributed by atoms with van der Waals surface area (Å²) in [6.07, 6.45) is 2.34. The second-order valence-electron chi connectivity index (χ2n) is 5.49. The maximum absolute atomic E-state index is 12.0. The van der Waals surface area contributed by atoms with Crippen LogP contribution in [0.25, 0.3) is 0 Å². The lowest BCUT2D eigenvalue weighted by atomic mass is 9.95. The van der Waals surface area contributed by atoms with Crippen LogP contribution >= 0.6 is 0 Å². The maximum Gasteiger partial charge on any atom is 0.220 e. The fraction of sp³-hybridized carbons (Fsp3) is 0.562. The summed E-state index contributed by atoms with van der Waals surface area (Å²) in [6.45, 7) is 4.16. The minimum Gasteiger partial charge on any atom is -0.497 e. The third kappa shape index (κ3) is 4.23. The molecule has 110 valence electrons. The normalized spacial score (nSPS) is 22.3. The van der Waals surface area contributed by atoms with E-state index in [9.17, 15) is 4.79 Å². The Balaban J connectivity index is 1.76. The lowest BCUT2D eigenvalue weighted by Gasteiger charge is -2.30. The summed E-state index contributed by atoms with van der Waals surface area (Å²) in [4.78, 5) is 12.0. The van der Waals surface area contributed by atoms with Gasteiger partial charge in [0, 0.05) is 12.5 Å². The highest BCUT2D eigenvalue weighted by Gasteiger charge is 2.22. The van der Waals surface area contributed by atoms with Crippen molar-refractivity contribution in [1.29, 1.82) is 0 Å². The van der Waals surface area contributed by atoms with Crippen LogP contribution in [0.15, 0.2) is 24.3 Å². The predicted molar refractivity (Wildman–Crippen MR) is 79.9 cm³/mol. The smallest absolute Gasteiger partial charge is 0.220 e. The minimum atomic E-state index is 0.152. The lowest BCUT2D eigenvalue weighted by Crippen LogP contribution is -2.48. The molecule has 1 amide bonds. The van der Waals surface area contributed by atoms with Crippen molar-refractivity contribution in [3.63, 3.8) is 0 Å². The molecule has 2 unspecified atom stereocenters. The molecule has 1 aliphatic heterocycles.